The van der Waals surface area contributed by atoms with Gasteiger partial charge in [-0.2, -0.15) is 6.07 Å². The minimum atomic E-state index is 0. The van der Waals surface area contributed by atoms with Crippen LogP contribution in [-0.4, -0.2) is 14.5 Å². The Hall–Kier alpha value is -5.83. The summed E-state index contributed by atoms with van der Waals surface area (Å²) >= 11 is 0. The quantitative estimate of drug-likeness (QED) is 0.166. The van der Waals surface area contributed by atoms with Crippen molar-refractivity contribution < 1.29 is 25.8 Å². The van der Waals surface area contributed by atoms with Crippen LogP contribution in [0.2, 0.25) is 0 Å². The van der Waals surface area contributed by atoms with E-state index in [9.17, 15) is 0 Å². The minimum Gasteiger partial charge on any atom is -0.503 e. The van der Waals surface area contributed by atoms with Gasteiger partial charge in [0.25, 0.3) is 0 Å². The summed E-state index contributed by atoms with van der Waals surface area (Å²) in [6.07, 6.45) is 3.87. The number of fused-ring (bicyclic) bond motifs is 8. The minimum absolute atomic E-state index is 0. The van der Waals surface area contributed by atoms with Crippen LogP contribution in [0.3, 0.4) is 0 Å². The second kappa shape index (κ2) is 11.9. The Kier molecular flexibility index (Phi) is 7.22. The normalized spacial score (nSPS) is 11.5. The maximum Gasteiger partial charge on any atom is 2.00 e. The fourth-order valence-electron chi connectivity index (χ4n) is 7.43. The zero-order chi connectivity index (χ0) is 32.5. The molecule has 1 aliphatic rings. The second-order valence-corrected chi connectivity index (χ2v) is 12.5. The molecule has 0 N–H and O–H groups in total. The van der Waals surface area contributed by atoms with Gasteiger partial charge >= 0.3 is 21.1 Å². The van der Waals surface area contributed by atoms with E-state index in [1.807, 2.05) is 36.7 Å². The summed E-state index contributed by atoms with van der Waals surface area (Å²) in [4.78, 5) is 9.80. The largest absolute Gasteiger partial charge is 2.00 e. The number of hydrogen-bond donors (Lipinski definition) is 0. The number of rotatable bonds is 4. The average molecular weight is 821 g/mol. The zero-order valence-corrected chi connectivity index (χ0v) is 29.2. The molecular weight excluding hydrogens is 794 g/mol. The zero-order valence-electron chi connectivity index (χ0n) is 26.9. The number of hydrogen-bond acceptors (Lipinski definition) is 3. The molecule has 0 unspecified atom stereocenters. The van der Waals surface area contributed by atoms with Crippen LogP contribution in [0, 0.1) is 19.1 Å². The van der Waals surface area contributed by atoms with Gasteiger partial charge in [-0.3, -0.25) is 0 Å². The molecule has 0 saturated carbocycles. The summed E-state index contributed by atoms with van der Waals surface area (Å²) in [5.41, 5.74) is 12.1. The molecule has 0 aliphatic heterocycles. The van der Waals surface area contributed by atoms with Gasteiger partial charge in [0.1, 0.15) is 5.82 Å². The van der Waals surface area contributed by atoms with Crippen molar-refractivity contribution in [3.8, 4) is 62.0 Å². The number of para-hydroxylation sites is 1. The van der Waals surface area contributed by atoms with E-state index in [1.165, 1.54) is 33.2 Å². The van der Waals surface area contributed by atoms with E-state index < -0.39 is 0 Å². The summed E-state index contributed by atoms with van der Waals surface area (Å²) < 4.78 is 8.65. The molecule has 6 aromatic carbocycles. The van der Waals surface area contributed by atoms with E-state index in [0.29, 0.717) is 11.5 Å². The predicted octanol–water partition coefficient (Wildman–Crippen LogP) is 11.4. The van der Waals surface area contributed by atoms with Crippen LogP contribution in [0.25, 0.3) is 83.0 Å². The predicted molar refractivity (Wildman–Crippen MR) is 198 cm³/mol. The number of aromatic nitrogens is 3. The molecule has 1 aliphatic carbocycles. The van der Waals surface area contributed by atoms with E-state index in [4.69, 9.17) is 14.7 Å². The molecule has 3 heterocycles. The van der Waals surface area contributed by atoms with Gasteiger partial charge in [0.05, 0.1) is 0 Å². The fraction of sp³-hybridized carbons (Fsp3) is 0.0222. The summed E-state index contributed by atoms with van der Waals surface area (Å²) in [5, 5.41) is 4.52. The average Bonchev–Trinajstić information content (AvgIpc) is 3.41. The van der Waals surface area contributed by atoms with E-state index in [1.54, 1.807) is 0 Å². The third-order valence-electron chi connectivity index (χ3n) is 9.57. The molecule has 0 fully saturated rings. The topological polar surface area (TPSA) is 39.9 Å². The maximum atomic E-state index is 6.49. The van der Waals surface area contributed by atoms with Gasteiger partial charge in [-0.25, -0.2) is 4.98 Å². The Morgan fingerprint density at radius 1 is 0.560 bits per heavy atom. The van der Waals surface area contributed by atoms with Crippen molar-refractivity contribution in [1.82, 2.24) is 14.5 Å². The Morgan fingerprint density at radius 3 is 2.02 bits per heavy atom. The van der Waals surface area contributed by atoms with Crippen LogP contribution in [0.4, 0.5) is 0 Å². The van der Waals surface area contributed by atoms with Crippen LogP contribution in [0.1, 0.15) is 5.56 Å². The van der Waals surface area contributed by atoms with E-state index >= 15 is 0 Å². The Labute approximate surface area is 303 Å². The van der Waals surface area contributed by atoms with Gasteiger partial charge in [0.2, 0.25) is 0 Å². The smallest absolute Gasteiger partial charge is 0.503 e. The second-order valence-electron chi connectivity index (χ2n) is 12.5. The third-order valence-corrected chi connectivity index (χ3v) is 9.57. The van der Waals surface area contributed by atoms with E-state index in [2.05, 4.69) is 133 Å². The van der Waals surface area contributed by atoms with Crippen molar-refractivity contribution in [3.63, 3.8) is 0 Å². The van der Waals surface area contributed by atoms with Crippen LogP contribution >= 0.6 is 0 Å². The molecular formula is C45H27N3OPt. The van der Waals surface area contributed by atoms with Gasteiger partial charge in [-0.05, 0) is 80.4 Å². The molecule has 9 aromatic rings. The fourth-order valence-corrected chi connectivity index (χ4v) is 7.43. The van der Waals surface area contributed by atoms with Crippen molar-refractivity contribution in [2.24, 2.45) is 0 Å². The monoisotopic (exact) mass is 820 g/mol. The molecule has 0 atom stereocenters. The molecule has 0 saturated heterocycles. The van der Waals surface area contributed by atoms with Crippen molar-refractivity contribution >= 4 is 32.6 Å². The van der Waals surface area contributed by atoms with Crippen LogP contribution in [-0.2, 0) is 21.1 Å². The van der Waals surface area contributed by atoms with Crippen molar-refractivity contribution in [3.05, 3.63) is 164 Å². The van der Waals surface area contributed by atoms with Crippen molar-refractivity contribution in [2.45, 2.75) is 6.92 Å². The molecule has 0 amide bonds. The van der Waals surface area contributed by atoms with Gasteiger partial charge in [-0.1, -0.05) is 96.5 Å². The van der Waals surface area contributed by atoms with Gasteiger partial charge in [-0.15, -0.1) is 41.3 Å². The van der Waals surface area contributed by atoms with E-state index in [0.717, 1.165) is 55.4 Å². The standard InChI is InChI=1S/C45H27N3O.Pt/c1-28-22-23-46-43(24-28)48-41-19-7-6-16-36(41)37-21-20-31(26-42(37)48)49-30-11-8-10-29(25-30)45-39-18-9-17-38-34-14-4-2-12-32(34)33-13-3-5-15-35(33)40(27-47-45)44(38)39;/h2-24,27H,1H3;/q-2;+2. The Balaban J connectivity index is 0.00000336. The summed E-state index contributed by atoms with van der Waals surface area (Å²) in [7, 11) is 0. The van der Waals surface area contributed by atoms with Crippen molar-refractivity contribution in [1.29, 1.82) is 0 Å². The van der Waals surface area contributed by atoms with Gasteiger partial charge < -0.3 is 14.3 Å². The van der Waals surface area contributed by atoms with Gasteiger partial charge in [0.15, 0.2) is 0 Å². The number of benzene rings is 6. The van der Waals surface area contributed by atoms with Gasteiger partial charge in [0, 0.05) is 35.0 Å². The number of aryl methyl sites for hydroxylation is 1. The number of ether oxygens (including phenoxy) is 1. The third kappa shape index (κ3) is 4.71. The molecule has 50 heavy (non-hydrogen) atoms. The summed E-state index contributed by atoms with van der Waals surface area (Å²) in [6, 6.07) is 53.5. The first kappa shape index (κ1) is 30.2. The molecule has 10 rings (SSSR count). The first-order chi connectivity index (χ1) is 24.2. The molecule has 0 radical (unpaired) electrons. The first-order valence-electron chi connectivity index (χ1n) is 16.4. The first-order valence-corrected chi connectivity index (χ1v) is 16.4. The van der Waals surface area contributed by atoms with Crippen LogP contribution in [0.15, 0.2) is 146 Å². The molecule has 0 bridgehead atoms. The Bertz CT molecular complexity index is 2730. The Morgan fingerprint density at radius 2 is 1.22 bits per heavy atom. The molecule has 4 nitrogen and oxygen atoms in total. The summed E-state index contributed by atoms with van der Waals surface area (Å²) in [6.45, 7) is 2.08. The molecule has 238 valence electrons. The number of nitrogens with zero attached hydrogens (tertiary/aromatic N) is 3. The molecule has 3 aromatic heterocycles. The molecule has 0 spiro atoms. The van der Waals surface area contributed by atoms with Crippen LogP contribution < -0.4 is 4.74 Å². The molecule has 5 heteroatoms. The van der Waals surface area contributed by atoms with E-state index in [-0.39, 0.29) is 21.1 Å². The number of pyridine rings is 2. The van der Waals surface area contributed by atoms with Crippen LogP contribution in [0.5, 0.6) is 11.5 Å². The summed E-state index contributed by atoms with van der Waals surface area (Å²) in [5.74, 6) is 2.05. The maximum absolute atomic E-state index is 6.49. The SMILES string of the molecule is Cc1ccnc(-n2c3[c-]c(Oc4[c-]c(-c5ncc6c7c(cccc57)-c5ccccc5-c5ccccc5-6)ccc4)ccc3c3ccccc32)c1.[Pt+2]. The van der Waals surface area contributed by atoms with Crippen molar-refractivity contribution in [2.75, 3.05) is 0 Å².